The summed E-state index contributed by atoms with van der Waals surface area (Å²) < 4.78 is 0. The molecule has 0 saturated heterocycles. The van der Waals surface area contributed by atoms with Gasteiger partial charge in [-0.3, -0.25) is 9.59 Å². The molecule has 1 aromatic rings. The van der Waals surface area contributed by atoms with E-state index in [1.165, 1.54) is 5.56 Å². The molecule has 0 aromatic heterocycles. The maximum Gasteiger partial charge on any atom is 0.227 e. The van der Waals surface area contributed by atoms with Crippen molar-refractivity contribution in [1.29, 1.82) is 0 Å². The van der Waals surface area contributed by atoms with E-state index < -0.39 is 0 Å². The molecule has 138 valence electrons. The van der Waals surface area contributed by atoms with Crippen molar-refractivity contribution in [2.24, 2.45) is 11.8 Å². The van der Waals surface area contributed by atoms with Crippen molar-refractivity contribution in [3.63, 3.8) is 0 Å². The Kier molecular flexibility index (Phi) is 7.03. The molecule has 0 unspecified atom stereocenters. The van der Waals surface area contributed by atoms with Crippen molar-refractivity contribution in [2.75, 3.05) is 11.9 Å². The molecule has 0 aliphatic heterocycles. The van der Waals surface area contributed by atoms with Crippen LogP contribution in [0.5, 0.6) is 0 Å². The van der Waals surface area contributed by atoms with Crippen LogP contribution < -0.4 is 10.6 Å². The highest BCUT2D eigenvalue weighted by Crippen LogP contribution is 2.31. The van der Waals surface area contributed by atoms with Crippen LogP contribution in [-0.2, 0) is 9.59 Å². The normalized spacial score (nSPS) is 20.2. The van der Waals surface area contributed by atoms with E-state index in [9.17, 15) is 9.59 Å². The van der Waals surface area contributed by atoms with E-state index in [4.69, 9.17) is 0 Å². The smallest absolute Gasteiger partial charge is 0.227 e. The van der Waals surface area contributed by atoms with Crippen molar-refractivity contribution in [1.82, 2.24) is 5.32 Å². The predicted molar refractivity (Wildman–Crippen MR) is 103 cm³/mol. The molecular weight excluding hydrogens is 312 g/mol. The molecule has 4 heteroatoms. The molecule has 2 amide bonds. The third-order valence-corrected chi connectivity index (χ3v) is 5.22. The zero-order valence-electron chi connectivity index (χ0n) is 16.1. The average Bonchev–Trinajstić information content (AvgIpc) is 2.58. The van der Waals surface area contributed by atoms with Gasteiger partial charge in [-0.2, -0.15) is 0 Å². The summed E-state index contributed by atoms with van der Waals surface area (Å²) in [4.78, 5) is 24.8. The summed E-state index contributed by atoms with van der Waals surface area (Å²) in [5.41, 5.74) is 4.36. The fraction of sp³-hybridized carbons (Fsp3) is 0.619. The van der Waals surface area contributed by atoms with E-state index in [2.05, 4.69) is 36.6 Å². The minimum absolute atomic E-state index is 0.0137. The van der Waals surface area contributed by atoms with Gasteiger partial charge in [-0.25, -0.2) is 0 Å². The molecule has 1 aliphatic rings. The number of nitrogens with one attached hydrogen (secondary N) is 2. The van der Waals surface area contributed by atoms with Gasteiger partial charge in [0, 0.05) is 24.1 Å². The zero-order chi connectivity index (χ0) is 18.4. The van der Waals surface area contributed by atoms with Crippen LogP contribution in [0.1, 0.15) is 62.1 Å². The monoisotopic (exact) mass is 344 g/mol. The number of unbranched alkanes of at least 4 members (excludes halogenated alkanes) is 1. The molecule has 0 bridgehead atoms. The third-order valence-electron chi connectivity index (χ3n) is 5.22. The molecule has 1 aliphatic carbocycles. The lowest BCUT2D eigenvalue weighted by molar-refractivity contribution is -0.128. The van der Waals surface area contributed by atoms with Gasteiger partial charge in [-0.15, -0.1) is 0 Å². The van der Waals surface area contributed by atoms with Crippen LogP contribution in [0.2, 0.25) is 0 Å². The van der Waals surface area contributed by atoms with Crippen LogP contribution in [-0.4, -0.2) is 18.4 Å². The topological polar surface area (TPSA) is 58.2 Å². The van der Waals surface area contributed by atoms with Gasteiger partial charge in [0.15, 0.2) is 0 Å². The van der Waals surface area contributed by atoms with Gasteiger partial charge in [-0.1, -0.05) is 31.0 Å². The average molecular weight is 344 g/mol. The quantitative estimate of drug-likeness (QED) is 0.757. The molecular formula is C21H32N2O2. The van der Waals surface area contributed by atoms with Gasteiger partial charge >= 0.3 is 0 Å². The van der Waals surface area contributed by atoms with Gasteiger partial charge in [-0.05, 0) is 64.0 Å². The number of benzene rings is 1. The van der Waals surface area contributed by atoms with Gasteiger partial charge in [0.1, 0.15) is 0 Å². The summed E-state index contributed by atoms with van der Waals surface area (Å²) in [5, 5.41) is 6.14. The second kappa shape index (κ2) is 9.02. The summed E-state index contributed by atoms with van der Waals surface area (Å²) >= 11 is 0. The lowest BCUT2D eigenvalue weighted by atomic mass is 9.81. The van der Waals surface area contributed by atoms with Gasteiger partial charge in [0.25, 0.3) is 0 Å². The number of aryl methyl sites for hydroxylation is 3. The van der Waals surface area contributed by atoms with E-state index in [-0.39, 0.29) is 23.7 Å². The fourth-order valence-corrected chi connectivity index (χ4v) is 3.75. The van der Waals surface area contributed by atoms with Gasteiger partial charge in [0.2, 0.25) is 11.8 Å². The summed E-state index contributed by atoms with van der Waals surface area (Å²) in [6.45, 7) is 9.02. The second-order valence-corrected chi connectivity index (χ2v) is 7.46. The molecule has 1 aromatic carbocycles. The van der Waals surface area contributed by atoms with E-state index >= 15 is 0 Å². The number of rotatable bonds is 6. The first kappa shape index (κ1) is 19.5. The first-order valence-corrected chi connectivity index (χ1v) is 9.58. The third kappa shape index (κ3) is 5.32. The minimum atomic E-state index is 0.0137. The number of anilines is 1. The molecule has 0 spiro atoms. The fourth-order valence-electron chi connectivity index (χ4n) is 3.75. The lowest BCUT2D eigenvalue weighted by Crippen LogP contribution is -2.36. The molecule has 4 nitrogen and oxygen atoms in total. The molecule has 1 saturated carbocycles. The molecule has 0 heterocycles. The number of amides is 2. The summed E-state index contributed by atoms with van der Waals surface area (Å²) in [5.74, 6) is 0.348. The Hall–Kier alpha value is -1.84. The molecule has 0 radical (unpaired) electrons. The Balaban J connectivity index is 1.86. The highest BCUT2D eigenvalue weighted by atomic mass is 16.2. The van der Waals surface area contributed by atoms with E-state index in [1.807, 2.05) is 13.8 Å². The van der Waals surface area contributed by atoms with E-state index in [0.717, 1.165) is 61.9 Å². The lowest BCUT2D eigenvalue weighted by Gasteiger charge is -2.27. The molecule has 2 rings (SSSR count). The molecule has 25 heavy (non-hydrogen) atoms. The van der Waals surface area contributed by atoms with Crippen LogP contribution in [0.4, 0.5) is 5.69 Å². The first-order chi connectivity index (χ1) is 11.9. The van der Waals surface area contributed by atoms with Crippen molar-refractivity contribution in [2.45, 2.75) is 66.2 Å². The Morgan fingerprint density at radius 1 is 0.960 bits per heavy atom. The maximum absolute atomic E-state index is 12.6. The molecule has 1 fully saturated rings. The molecule has 2 N–H and O–H groups in total. The number of carbonyl (C=O) groups is 2. The van der Waals surface area contributed by atoms with Crippen molar-refractivity contribution < 1.29 is 9.59 Å². The standard InChI is InChI=1S/C21H32N2O2/c1-5-6-11-22-20(24)17-7-9-18(10-8-17)21(25)23-19-15(3)12-14(2)13-16(19)4/h12-13,17-18H,5-11H2,1-4H3,(H,22,24)(H,23,25). The zero-order valence-corrected chi connectivity index (χ0v) is 16.1. The Morgan fingerprint density at radius 3 is 2.00 bits per heavy atom. The SMILES string of the molecule is CCCCNC(=O)C1CCC(C(=O)Nc2c(C)cc(C)cc2C)CC1. The first-order valence-electron chi connectivity index (χ1n) is 9.58. The van der Waals surface area contributed by atoms with Crippen LogP contribution in [0.25, 0.3) is 0 Å². The summed E-state index contributed by atoms with van der Waals surface area (Å²) in [7, 11) is 0. The Morgan fingerprint density at radius 2 is 1.48 bits per heavy atom. The maximum atomic E-state index is 12.6. The predicted octanol–water partition coefficient (Wildman–Crippen LogP) is 4.27. The van der Waals surface area contributed by atoms with Gasteiger partial charge in [0.05, 0.1) is 0 Å². The van der Waals surface area contributed by atoms with Crippen molar-refractivity contribution >= 4 is 17.5 Å². The Bertz CT molecular complexity index is 593. The second-order valence-electron chi connectivity index (χ2n) is 7.46. The van der Waals surface area contributed by atoms with Crippen molar-refractivity contribution in [3.05, 3.63) is 28.8 Å². The number of carbonyl (C=O) groups excluding carboxylic acids is 2. The molecule has 0 atom stereocenters. The summed E-state index contributed by atoms with van der Waals surface area (Å²) in [6, 6.07) is 4.19. The van der Waals surface area contributed by atoms with Crippen LogP contribution in [0.15, 0.2) is 12.1 Å². The van der Waals surface area contributed by atoms with Crippen molar-refractivity contribution in [3.8, 4) is 0 Å². The van der Waals surface area contributed by atoms with E-state index in [1.54, 1.807) is 0 Å². The van der Waals surface area contributed by atoms with Crippen LogP contribution in [0.3, 0.4) is 0 Å². The number of hydrogen-bond acceptors (Lipinski definition) is 2. The highest BCUT2D eigenvalue weighted by molar-refractivity contribution is 5.94. The highest BCUT2D eigenvalue weighted by Gasteiger charge is 2.30. The van der Waals surface area contributed by atoms with Gasteiger partial charge < -0.3 is 10.6 Å². The van der Waals surface area contributed by atoms with Crippen LogP contribution in [0, 0.1) is 32.6 Å². The number of hydrogen-bond donors (Lipinski definition) is 2. The van der Waals surface area contributed by atoms with E-state index in [0.29, 0.717) is 0 Å². The largest absolute Gasteiger partial charge is 0.356 e. The Labute approximate surface area is 151 Å². The summed E-state index contributed by atoms with van der Waals surface area (Å²) in [6.07, 6.45) is 5.32. The minimum Gasteiger partial charge on any atom is -0.356 e. The van der Waals surface area contributed by atoms with Crippen LogP contribution >= 0.6 is 0 Å².